The highest BCUT2D eigenvalue weighted by Crippen LogP contribution is 2.56. The molecule has 0 saturated carbocycles. The van der Waals surface area contributed by atoms with Crippen molar-refractivity contribution < 1.29 is 0 Å². The summed E-state index contributed by atoms with van der Waals surface area (Å²) in [5, 5.41) is 2.52. The number of anilines is 3. The van der Waals surface area contributed by atoms with E-state index in [4.69, 9.17) is 0 Å². The highest BCUT2D eigenvalue weighted by Gasteiger charge is 2.41. The predicted octanol–water partition coefficient (Wildman–Crippen LogP) is 17.1. The van der Waals surface area contributed by atoms with Crippen LogP contribution >= 0.6 is 0 Å². The smallest absolute Gasteiger partial charge is 0.0541 e. The molecule has 11 rings (SSSR count). The van der Waals surface area contributed by atoms with Crippen LogP contribution in [0.4, 0.5) is 17.1 Å². The molecule has 1 heterocycles. The lowest BCUT2D eigenvalue weighted by Gasteiger charge is -2.32. The van der Waals surface area contributed by atoms with Crippen LogP contribution in [0.15, 0.2) is 170 Å². The van der Waals surface area contributed by atoms with Crippen LogP contribution in [0.2, 0.25) is 0 Å². The van der Waals surface area contributed by atoms with Crippen molar-refractivity contribution in [3.05, 3.63) is 203 Å². The van der Waals surface area contributed by atoms with Crippen LogP contribution in [-0.2, 0) is 21.7 Å². The zero-order valence-electron chi connectivity index (χ0n) is 39.1. The summed E-state index contributed by atoms with van der Waals surface area (Å²) >= 11 is 0. The Morgan fingerprint density at radius 3 is 1.77 bits per heavy atom. The van der Waals surface area contributed by atoms with E-state index < -0.39 is 0 Å². The molecule has 0 saturated heterocycles. The molecule has 0 bridgehead atoms. The number of fused-ring (bicyclic) bond motifs is 9. The summed E-state index contributed by atoms with van der Waals surface area (Å²) in [5.74, 6) is 0. The van der Waals surface area contributed by atoms with Crippen LogP contribution in [-0.4, -0.2) is 4.57 Å². The van der Waals surface area contributed by atoms with Crippen LogP contribution in [0, 0.1) is 0 Å². The lowest BCUT2D eigenvalue weighted by molar-refractivity contribution is 0.545. The number of aromatic nitrogens is 1. The van der Waals surface area contributed by atoms with Crippen molar-refractivity contribution in [3.63, 3.8) is 0 Å². The highest BCUT2D eigenvalue weighted by atomic mass is 15.1. The van der Waals surface area contributed by atoms with Crippen LogP contribution in [0.5, 0.6) is 0 Å². The van der Waals surface area contributed by atoms with Gasteiger partial charge in [-0.2, -0.15) is 0 Å². The first-order valence-corrected chi connectivity index (χ1v) is 23.1. The molecule has 0 unspecified atom stereocenters. The summed E-state index contributed by atoms with van der Waals surface area (Å²) in [7, 11) is 0. The first kappa shape index (κ1) is 40.2. The number of para-hydroxylation sites is 2. The van der Waals surface area contributed by atoms with Gasteiger partial charge < -0.3 is 9.47 Å². The van der Waals surface area contributed by atoms with Crippen molar-refractivity contribution in [2.45, 2.75) is 90.9 Å². The second-order valence-corrected chi connectivity index (χ2v) is 21.5. The van der Waals surface area contributed by atoms with Crippen LogP contribution in [0.1, 0.15) is 103 Å². The fraction of sp³-hybridized carbons (Fsp3) is 0.226. The molecule has 2 nitrogen and oxygen atoms in total. The van der Waals surface area contributed by atoms with Crippen molar-refractivity contribution in [1.29, 1.82) is 0 Å². The molecule has 2 aliphatic carbocycles. The zero-order valence-corrected chi connectivity index (χ0v) is 39.1. The number of rotatable bonds is 5. The van der Waals surface area contributed by atoms with E-state index in [9.17, 15) is 0 Å². The fourth-order valence-electron chi connectivity index (χ4n) is 11.2. The van der Waals surface area contributed by atoms with Gasteiger partial charge in [0.1, 0.15) is 0 Å². The minimum absolute atomic E-state index is 0.000438. The Bertz CT molecular complexity index is 3320. The largest absolute Gasteiger partial charge is 0.310 e. The van der Waals surface area contributed by atoms with Gasteiger partial charge in [-0.3, -0.25) is 0 Å². The second kappa shape index (κ2) is 13.9. The molecule has 0 amide bonds. The summed E-state index contributed by atoms with van der Waals surface area (Å²) in [6.45, 7) is 23.8. The van der Waals surface area contributed by atoms with Crippen LogP contribution in [0.3, 0.4) is 0 Å². The minimum atomic E-state index is -0.132. The van der Waals surface area contributed by atoms with Crippen molar-refractivity contribution in [2.75, 3.05) is 4.90 Å². The summed E-state index contributed by atoms with van der Waals surface area (Å²) in [6, 6.07) is 64.1. The van der Waals surface area contributed by atoms with E-state index in [0.717, 1.165) is 11.4 Å². The normalized spacial score (nSPS) is 14.7. The lowest BCUT2D eigenvalue weighted by atomic mass is 9.71. The fourth-order valence-corrected chi connectivity index (χ4v) is 11.2. The monoisotopic (exact) mass is 830 g/mol. The number of hydrogen-bond donors (Lipinski definition) is 0. The molecule has 316 valence electrons. The molecule has 0 N–H and O–H groups in total. The highest BCUT2D eigenvalue weighted by molar-refractivity contribution is 6.10. The summed E-state index contributed by atoms with van der Waals surface area (Å²) in [5.41, 5.74) is 23.1. The van der Waals surface area contributed by atoms with Gasteiger partial charge in [-0.15, -0.1) is 0 Å². The minimum Gasteiger partial charge on any atom is -0.310 e. The van der Waals surface area contributed by atoms with Gasteiger partial charge in [-0.25, -0.2) is 0 Å². The predicted molar refractivity (Wildman–Crippen MR) is 273 cm³/mol. The number of nitrogens with zero attached hydrogens (tertiary/aromatic N) is 2. The molecule has 64 heavy (non-hydrogen) atoms. The molecule has 0 radical (unpaired) electrons. The Hall–Kier alpha value is -6.64. The molecule has 0 atom stereocenters. The third kappa shape index (κ3) is 6.06. The van der Waals surface area contributed by atoms with Gasteiger partial charge in [0.15, 0.2) is 0 Å². The summed E-state index contributed by atoms with van der Waals surface area (Å²) < 4.78 is 2.38. The molecule has 1 aromatic heterocycles. The van der Waals surface area contributed by atoms with Gasteiger partial charge in [0, 0.05) is 44.4 Å². The van der Waals surface area contributed by atoms with E-state index in [2.05, 4.69) is 249 Å². The Labute approximate surface area is 379 Å². The van der Waals surface area contributed by atoms with Crippen molar-refractivity contribution >= 4 is 38.9 Å². The van der Waals surface area contributed by atoms with E-state index >= 15 is 0 Å². The van der Waals surface area contributed by atoms with E-state index in [-0.39, 0.29) is 21.7 Å². The Balaban J connectivity index is 1.07. The average Bonchev–Trinajstić information content (AvgIpc) is 3.82. The molecule has 8 aromatic carbocycles. The second-order valence-electron chi connectivity index (χ2n) is 21.5. The summed E-state index contributed by atoms with van der Waals surface area (Å²) in [6.07, 6.45) is 0. The maximum absolute atomic E-state index is 2.50. The third-order valence-corrected chi connectivity index (χ3v) is 14.6. The number of hydrogen-bond acceptors (Lipinski definition) is 1. The van der Waals surface area contributed by atoms with Crippen LogP contribution in [0.25, 0.3) is 60.9 Å². The number of benzene rings is 8. The Morgan fingerprint density at radius 1 is 0.406 bits per heavy atom. The quantitative estimate of drug-likeness (QED) is 0.168. The Morgan fingerprint density at radius 2 is 1.02 bits per heavy atom. The molecule has 2 aliphatic rings. The molecule has 0 spiro atoms. The zero-order chi connectivity index (χ0) is 44.5. The summed E-state index contributed by atoms with van der Waals surface area (Å²) in [4.78, 5) is 2.49. The van der Waals surface area contributed by atoms with E-state index in [0.29, 0.717) is 0 Å². The van der Waals surface area contributed by atoms with Crippen molar-refractivity contribution in [3.8, 4) is 39.1 Å². The van der Waals surface area contributed by atoms with Gasteiger partial charge in [-0.1, -0.05) is 172 Å². The Kier molecular flexibility index (Phi) is 8.74. The maximum Gasteiger partial charge on any atom is 0.0541 e. The van der Waals surface area contributed by atoms with E-state index in [1.165, 1.54) is 99.9 Å². The van der Waals surface area contributed by atoms with Gasteiger partial charge >= 0.3 is 0 Å². The third-order valence-electron chi connectivity index (χ3n) is 14.6. The topological polar surface area (TPSA) is 8.17 Å². The molecule has 9 aromatic rings. The molecular weight excluding hydrogens is 773 g/mol. The molecular formula is C62H58N2. The maximum atomic E-state index is 2.50. The van der Waals surface area contributed by atoms with Gasteiger partial charge in [-0.05, 0) is 144 Å². The molecule has 0 fully saturated rings. The van der Waals surface area contributed by atoms with E-state index in [1.54, 1.807) is 0 Å². The van der Waals surface area contributed by atoms with Gasteiger partial charge in [0.25, 0.3) is 0 Å². The molecule has 2 heteroatoms. The van der Waals surface area contributed by atoms with Crippen molar-refractivity contribution in [1.82, 2.24) is 4.57 Å². The standard InChI is InChI=1S/C62H58N2/c1-59(2,3)41-35-51-49-37-44(30-32-53(49)62(9,10)58(51)55(36-41)60(4,5)6)63(45-29-31-47-46-20-14-16-22-52(46)61(7,8)54(47)38-45)43-27-24-39(25-28-43)40-26-33-57-50(34-40)48-21-15-17-23-56(48)64(57)42-18-12-11-13-19-42/h11-38H,1-10H3. The van der Waals surface area contributed by atoms with Gasteiger partial charge in [0.2, 0.25) is 0 Å². The van der Waals surface area contributed by atoms with Crippen molar-refractivity contribution in [2.24, 2.45) is 0 Å². The van der Waals surface area contributed by atoms with E-state index in [1.807, 2.05) is 0 Å². The van der Waals surface area contributed by atoms with Gasteiger partial charge in [0.05, 0.1) is 11.0 Å². The lowest BCUT2D eigenvalue weighted by Crippen LogP contribution is -2.24. The SMILES string of the molecule is CC(C)(C)c1cc2c(c(C(C)(C)C)c1)C(C)(C)c1ccc(N(c3ccc(-c4ccc5c(c4)c4ccccc4n5-c4ccccc4)cc3)c3ccc4c(c3)C(C)(C)c3ccccc3-4)cc1-2. The first-order valence-electron chi connectivity index (χ1n) is 23.1. The average molecular weight is 831 g/mol. The first-order chi connectivity index (χ1) is 30.5. The van der Waals surface area contributed by atoms with Crippen LogP contribution < -0.4 is 4.90 Å². The molecule has 0 aliphatic heterocycles.